The van der Waals surface area contributed by atoms with Crippen molar-refractivity contribution in [3.05, 3.63) is 53.2 Å². The molecule has 5 rings (SSSR count). The topological polar surface area (TPSA) is 63.0 Å². The number of rotatable bonds is 5. The first-order valence-corrected chi connectivity index (χ1v) is 13.2. The summed E-state index contributed by atoms with van der Waals surface area (Å²) in [5.74, 6) is 3.26. The van der Waals surface area contributed by atoms with E-state index in [2.05, 4.69) is 54.4 Å². The molecule has 1 aromatic carbocycles. The van der Waals surface area contributed by atoms with Crippen LogP contribution in [0.1, 0.15) is 81.2 Å². The van der Waals surface area contributed by atoms with Crippen LogP contribution in [-0.2, 0) is 16.6 Å². The summed E-state index contributed by atoms with van der Waals surface area (Å²) < 4.78 is 5.97. The number of aromatic nitrogens is 1. The molecular weight excluding hydrogens is 410 g/mol. The van der Waals surface area contributed by atoms with Crippen LogP contribution in [0.2, 0.25) is 0 Å². The number of aryl methyl sites for hydroxylation is 2. The van der Waals surface area contributed by atoms with Crippen molar-refractivity contribution in [2.45, 2.75) is 83.1 Å². The van der Waals surface area contributed by atoms with Gasteiger partial charge in [-0.05, 0) is 43.1 Å². The highest BCUT2D eigenvalue weighted by molar-refractivity contribution is 5.81. The number of piperidine rings is 1. The van der Waals surface area contributed by atoms with Crippen molar-refractivity contribution in [1.29, 1.82) is 0 Å². The number of nitrogens with two attached hydrogens (primary N) is 1. The fourth-order valence-electron chi connectivity index (χ4n) is 7.24. The molecule has 1 aromatic heterocycles. The average molecular weight is 451 g/mol. The van der Waals surface area contributed by atoms with Crippen LogP contribution in [-0.4, -0.2) is 41.5 Å². The number of oxazole rings is 1. The Hall–Kier alpha value is -2.14. The predicted molar refractivity (Wildman–Crippen MR) is 129 cm³/mol. The standard InChI is InChI=1S/C28H39N3O2/c1-4-20(5-2)24-16-22(21-10-7-6-8-11-21)13-15-31(24)27(32)23-17-29-18-28(23)14-9-12-25-26(28)30-19(3)33-25/h6-8,10-11,20,22-24,29H,4-5,9,12-18H2,1-3H3/p+1/t22-,23+,24?,28-/m1/s1. The lowest BCUT2D eigenvalue weighted by Crippen LogP contribution is -2.82. The molecule has 33 heavy (non-hydrogen) atoms. The van der Waals surface area contributed by atoms with E-state index >= 15 is 0 Å². The molecule has 2 saturated heterocycles. The van der Waals surface area contributed by atoms with E-state index in [9.17, 15) is 4.79 Å². The van der Waals surface area contributed by atoms with Gasteiger partial charge in [-0.1, -0.05) is 57.0 Å². The number of amides is 1. The second-order valence-corrected chi connectivity index (χ2v) is 10.6. The van der Waals surface area contributed by atoms with Gasteiger partial charge in [-0.2, -0.15) is 0 Å². The maximum atomic E-state index is 14.3. The fraction of sp³-hybridized carbons (Fsp3) is 0.643. The molecule has 0 bridgehead atoms. The van der Waals surface area contributed by atoms with Gasteiger partial charge in [0.2, 0.25) is 5.91 Å². The largest absolute Gasteiger partial charge is 0.446 e. The number of carbonyl (C=O) groups is 1. The first kappa shape index (κ1) is 22.6. The van der Waals surface area contributed by atoms with Gasteiger partial charge in [0.1, 0.15) is 11.7 Å². The van der Waals surface area contributed by atoms with Gasteiger partial charge in [0, 0.05) is 25.9 Å². The smallest absolute Gasteiger partial charge is 0.232 e. The molecule has 1 spiro atoms. The monoisotopic (exact) mass is 450 g/mol. The molecule has 3 aliphatic rings. The molecule has 0 saturated carbocycles. The van der Waals surface area contributed by atoms with Crippen molar-refractivity contribution >= 4 is 5.91 Å². The minimum atomic E-state index is -0.156. The van der Waals surface area contributed by atoms with Crippen molar-refractivity contribution in [1.82, 2.24) is 9.88 Å². The Bertz CT molecular complexity index is 967. The summed E-state index contributed by atoms with van der Waals surface area (Å²) in [5, 5.41) is 2.35. The molecular formula is C28H40N3O2+. The highest BCUT2D eigenvalue weighted by Crippen LogP contribution is 2.45. The maximum Gasteiger partial charge on any atom is 0.232 e. The molecule has 2 N–H and O–H groups in total. The Morgan fingerprint density at radius 3 is 2.82 bits per heavy atom. The first-order valence-electron chi connectivity index (χ1n) is 13.2. The van der Waals surface area contributed by atoms with Crippen LogP contribution in [0.25, 0.3) is 0 Å². The van der Waals surface area contributed by atoms with E-state index in [1.807, 2.05) is 6.92 Å². The summed E-state index contributed by atoms with van der Waals surface area (Å²) in [7, 11) is 0. The van der Waals surface area contributed by atoms with Crippen LogP contribution < -0.4 is 5.32 Å². The number of hydrogen-bond donors (Lipinski definition) is 1. The molecule has 1 amide bonds. The Balaban J connectivity index is 1.44. The minimum absolute atomic E-state index is 0.00573. The second kappa shape index (κ2) is 9.25. The first-order chi connectivity index (χ1) is 16.1. The third kappa shape index (κ3) is 3.92. The van der Waals surface area contributed by atoms with E-state index in [0.29, 0.717) is 23.8 Å². The third-order valence-corrected chi connectivity index (χ3v) is 8.97. The fourth-order valence-corrected chi connectivity index (χ4v) is 7.24. The number of nitrogens with zero attached hydrogens (tertiary/aromatic N) is 2. The zero-order valence-electron chi connectivity index (χ0n) is 20.6. The van der Waals surface area contributed by atoms with Gasteiger partial charge in [-0.25, -0.2) is 4.98 Å². The Kier molecular flexibility index (Phi) is 6.34. The number of fused-ring (bicyclic) bond motifs is 2. The predicted octanol–water partition coefficient (Wildman–Crippen LogP) is 3.96. The Morgan fingerprint density at radius 1 is 1.27 bits per heavy atom. The molecule has 2 aromatic rings. The number of hydrogen-bond acceptors (Lipinski definition) is 3. The lowest BCUT2D eigenvalue weighted by molar-refractivity contribution is -0.640. The number of quaternary nitrogens is 1. The second-order valence-electron chi connectivity index (χ2n) is 10.6. The van der Waals surface area contributed by atoms with E-state index in [4.69, 9.17) is 9.40 Å². The zero-order valence-corrected chi connectivity index (χ0v) is 20.6. The summed E-state index contributed by atoms with van der Waals surface area (Å²) in [6.07, 6.45) is 7.49. The van der Waals surface area contributed by atoms with E-state index in [1.54, 1.807) is 0 Å². The summed E-state index contributed by atoms with van der Waals surface area (Å²) in [5.41, 5.74) is 2.37. The summed E-state index contributed by atoms with van der Waals surface area (Å²) in [6, 6.07) is 11.3. The molecule has 4 atom stereocenters. The Labute approximate surface area is 198 Å². The summed E-state index contributed by atoms with van der Waals surface area (Å²) >= 11 is 0. The van der Waals surface area contributed by atoms with Crippen LogP contribution >= 0.6 is 0 Å². The zero-order chi connectivity index (χ0) is 23.0. The normalized spacial score (nSPS) is 29.6. The Morgan fingerprint density at radius 2 is 2.06 bits per heavy atom. The van der Waals surface area contributed by atoms with Gasteiger partial charge in [-0.3, -0.25) is 4.79 Å². The van der Waals surface area contributed by atoms with Crippen molar-refractivity contribution in [2.24, 2.45) is 11.8 Å². The molecule has 5 nitrogen and oxygen atoms in total. The molecule has 1 unspecified atom stereocenters. The van der Waals surface area contributed by atoms with Crippen molar-refractivity contribution < 1.29 is 14.5 Å². The van der Waals surface area contributed by atoms with Gasteiger partial charge >= 0.3 is 0 Å². The minimum Gasteiger partial charge on any atom is -0.446 e. The lowest BCUT2D eigenvalue weighted by Gasteiger charge is -2.45. The van der Waals surface area contributed by atoms with Crippen molar-refractivity contribution in [3.63, 3.8) is 0 Å². The van der Waals surface area contributed by atoms with Crippen LogP contribution in [0.4, 0.5) is 0 Å². The van der Waals surface area contributed by atoms with Gasteiger partial charge in [0.05, 0.1) is 24.2 Å². The van der Waals surface area contributed by atoms with Gasteiger partial charge in [-0.15, -0.1) is 0 Å². The summed E-state index contributed by atoms with van der Waals surface area (Å²) in [6.45, 7) is 9.23. The molecule has 2 fully saturated rings. The lowest BCUT2D eigenvalue weighted by atomic mass is 9.67. The molecule has 178 valence electrons. The van der Waals surface area contributed by atoms with Crippen molar-refractivity contribution in [2.75, 3.05) is 19.6 Å². The van der Waals surface area contributed by atoms with Crippen LogP contribution in [0, 0.1) is 18.8 Å². The van der Waals surface area contributed by atoms with Crippen LogP contribution in [0.15, 0.2) is 34.7 Å². The van der Waals surface area contributed by atoms with E-state index < -0.39 is 0 Å². The van der Waals surface area contributed by atoms with E-state index in [1.165, 1.54) is 5.56 Å². The molecule has 0 radical (unpaired) electrons. The number of likely N-dealkylation sites (tertiary alicyclic amines) is 1. The maximum absolute atomic E-state index is 14.3. The summed E-state index contributed by atoms with van der Waals surface area (Å²) in [4.78, 5) is 21.5. The van der Waals surface area contributed by atoms with E-state index in [0.717, 1.165) is 81.9 Å². The third-order valence-electron chi connectivity index (χ3n) is 8.97. The molecule has 3 heterocycles. The van der Waals surface area contributed by atoms with Crippen LogP contribution in [0.3, 0.4) is 0 Å². The highest BCUT2D eigenvalue weighted by Gasteiger charge is 2.57. The highest BCUT2D eigenvalue weighted by atomic mass is 16.4. The average Bonchev–Trinajstić information content (AvgIpc) is 3.44. The SMILES string of the molecule is CCC(CC)C1C[C@H](c2ccccc2)CCN1C(=O)[C@@H]1C[NH2+]C[C@]12CCCc1oc(C)nc12. The van der Waals surface area contributed by atoms with Gasteiger partial charge in [0.15, 0.2) is 5.89 Å². The van der Waals surface area contributed by atoms with Crippen molar-refractivity contribution in [3.8, 4) is 0 Å². The quantitative estimate of drug-likeness (QED) is 0.750. The molecule has 2 aliphatic heterocycles. The van der Waals surface area contributed by atoms with E-state index in [-0.39, 0.29) is 11.3 Å². The number of carbonyl (C=O) groups excluding carboxylic acids is 1. The molecule has 5 heteroatoms. The van der Waals surface area contributed by atoms with Gasteiger partial charge < -0.3 is 14.6 Å². The number of benzene rings is 1. The van der Waals surface area contributed by atoms with Gasteiger partial charge in [0.25, 0.3) is 0 Å². The van der Waals surface area contributed by atoms with Crippen LogP contribution in [0.5, 0.6) is 0 Å². The molecule has 1 aliphatic carbocycles.